The maximum atomic E-state index is 14.8. The van der Waals surface area contributed by atoms with Crippen LogP contribution in [0.25, 0.3) is 11.1 Å². The van der Waals surface area contributed by atoms with Crippen LogP contribution in [0.5, 0.6) is 11.5 Å². The van der Waals surface area contributed by atoms with Crippen molar-refractivity contribution in [3.8, 4) is 22.6 Å². The Morgan fingerprint density at radius 3 is 1.94 bits per heavy atom. The van der Waals surface area contributed by atoms with Crippen molar-refractivity contribution < 1.29 is 50.5 Å². The van der Waals surface area contributed by atoms with Gasteiger partial charge in [-0.2, -0.15) is 13.2 Å². The first-order valence-corrected chi connectivity index (χ1v) is 16.8. The van der Waals surface area contributed by atoms with Gasteiger partial charge in [-0.25, -0.2) is 18.4 Å². The number of ether oxygens (including phenoxy) is 4. The Labute approximate surface area is 284 Å². The summed E-state index contributed by atoms with van der Waals surface area (Å²) in [5.74, 6) is -4.14. The maximum absolute atomic E-state index is 14.8. The van der Waals surface area contributed by atoms with Crippen molar-refractivity contribution in [3.63, 3.8) is 0 Å². The van der Waals surface area contributed by atoms with Crippen LogP contribution in [0.3, 0.4) is 0 Å². The van der Waals surface area contributed by atoms with E-state index in [-0.39, 0.29) is 30.1 Å². The van der Waals surface area contributed by atoms with Crippen LogP contribution in [0, 0.1) is 11.6 Å². The van der Waals surface area contributed by atoms with Crippen LogP contribution in [0.2, 0.25) is 0 Å². The summed E-state index contributed by atoms with van der Waals surface area (Å²) in [4.78, 5) is 25.0. The Balaban J connectivity index is 1.50. The smallest absolute Gasteiger partial charge is 0.425 e. The molecule has 0 aliphatic carbocycles. The average molecular weight is 693 g/mol. The molecule has 0 saturated carbocycles. The summed E-state index contributed by atoms with van der Waals surface area (Å²) in [6, 6.07) is 13.4. The van der Waals surface area contributed by atoms with Crippen molar-refractivity contribution in [2.24, 2.45) is 0 Å². The third-order valence-corrected chi connectivity index (χ3v) is 7.94. The van der Waals surface area contributed by atoms with Gasteiger partial charge >= 0.3 is 18.1 Å². The lowest BCUT2D eigenvalue weighted by atomic mass is 10.0. The van der Waals surface area contributed by atoms with Crippen LogP contribution in [0.4, 0.5) is 22.0 Å². The van der Waals surface area contributed by atoms with E-state index < -0.39 is 47.8 Å². The Hall–Kier alpha value is -3.99. The van der Waals surface area contributed by atoms with Gasteiger partial charge in [0.15, 0.2) is 17.7 Å². The highest BCUT2D eigenvalue weighted by molar-refractivity contribution is 5.92. The first-order chi connectivity index (χ1) is 23.5. The molecule has 49 heavy (non-hydrogen) atoms. The molecule has 0 bridgehead atoms. The summed E-state index contributed by atoms with van der Waals surface area (Å²) < 4.78 is 89.8. The Morgan fingerprint density at radius 2 is 1.33 bits per heavy atom. The molecule has 0 saturated heterocycles. The molecule has 3 aromatic rings. The second kappa shape index (κ2) is 20.5. The molecule has 3 rings (SSSR count). The molecule has 1 unspecified atom stereocenters. The Morgan fingerprint density at radius 1 is 0.694 bits per heavy atom. The quantitative estimate of drug-likeness (QED) is 0.0479. The second-order valence-corrected chi connectivity index (χ2v) is 11.9. The number of halogens is 5. The number of esters is 2. The van der Waals surface area contributed by atoms with Gasteiger partial charge in [0.25, 0.3) is 0 Å². The van der Waals surface area contributed by atoms with Crippen molar-refractivity contribution in [1.82, 2.24) is 0 Å². The van der Waals surface area contributed by atoms with E-state index in [1.807, 2.05) is 0 Å². The van der Waals surface area contributed by atoms with Crippen molar-refractivity contribution in [2.45, 2.75) is 96.3 Å². The Kier molecular flexibility index (Phi) is 16.5. The van der Waals surface area contributed by atoms with E-state index in [1.54, 1.807) is 24.3 Å². The molecule has 6 nitrogen and oxygen atoms in total. The summed E-state index contributed by atoms with van der Waals surface area (Å²) in [5, 5.41) is 0. The van der Waals surface area contributed by atoms with Crippen LogP contribution in [0.15, 0.2) is 60.7 Å². The van der Waals surface area contributed by atoms with E-state index in [4.69, 9.17) is 14.2 Å². The third-order valence-electron chi connectivity index (χ3n) is 7.94. The molecular formula is C38H45F5O6. The maximum Gasteiger partial charge on any atom is 0.425 e. The minimum absolute atomic E-state index is 0.0846. The van der Waals surface area contributed by atoms with Crippen molar-refractivity contribution >= 4 is 11.9 Å². The average Bonchev–Trinajstić information content (AvgIpc) is 3.07. The summed E-state index contributed by atoms with van der Waals surface area (Å²) >= 11 is 0. The molecule has 0 spiro atoms. The number of carbonyl (C=O) groups excluding carboxylic acids is 2. The van der Waals surface area contributed by atoms with Crippen LogP contribution in [-0.4, -0.2) is 44.5 Å². The van der Waals surface area contributed by atoms with E-state index in [0.29, 0.717) is 30.2 Å². The topological polar surface area (TPSA) is 71.1 Å². The normalized spacial score (nSPS) is 12.1. The molecule has 0 fully saturated rings. The number of hydrogen-bond donors (Lipinski definition) is 0. The molecule has 3 aromatic carbocycles. The minimum atomic E-state index is -4.83. The van der Waals surface area contributed by atoms with Gasteiger partial charge in [-0.15, -0.1) is 0 Å². The fraction of sp³-hybridized carbons (Fsp3) is 0.474. The highest BCUT2D eigenvalue weighted by Gasteiger charge is 2.42. The summed E-state index contributed by atoms with van der Waals surface area (Å²) in [5.41, 5.74) is 0.573. The van der Waals surface area contributed by atoms with Crippen LogP contribution in [0.1, 0.15) is 105 Å². The summed E-state index contributed by atoms with van der Waals surface area (Å²) in [7, 11) is 1.42. The van der Waals surface area contributed by atoms with E-state index in [1.165, 1.54) is 63.8 Å². The van der Waals surface area contributed by atoms with Gasteiger partial charge in [-0.1, -0.05) is 76.5 Å². The molecule has 11 heteroatoms. The molecule has 268 valence electrons. The largest absolute Gasteiger partial charge is 0.491 e. The Bertz CT molecular complexity index is 1460. The highest BCUT2D eigenvalue weighted by Crippen LogP contribution is 2.29. The lowest BCUT2D eigenvalue weighted by molar-refractivity contribution is -0.206. The number of alkyl halides is 3. The van der Waals surface area contributed by atoms with Crippen molar-refractivity contribution in [2.75, 3.05) is 20.3 Å². The van der Waals surface area contributed by atoms with Gasteiger partial charge in [0.1, 0.15) is 11.6 Å². The van der Waals surface area contributed by atoms with Crippen molar-refractivity contribution in [3.05, 3.63) is 83.4 Å². The molecule has 1 atom stereocenters. The fourth-order valence-electron chi connectivity index (χ4n) is 5.14. The predicted molar refractivity (Wildman–Crippen MR) is 177 cm³/mol. The highest BCUT2D eigenvalue weighted by atomic mass is 19.4. The van der Waals surface area contributed by atoms with E-state index in [9.17, 15) is 31.5 Å². The van der Waals surface area contributed by atoms with Gasteiger partial charge in [0.05, 0.1) is 17.7 Å². The minimum Gasteiger partial charge on any atom is -0.491 e. The zero-order valence-corrected chi connectivity index (χ0v) is 28.1. The lowest BCUT2D eigenvalue weighted by Crippen LogP contribution is -2.34. The fourth-order valence-corrected chi connectivity index (χ4v) is 5.14. The molecule has 0 amide bonds. The molecular weight excluding hydrogens is 647 g/mol. The SMILES string of the molecule is CCCCCCCCCCCOc1ccc(-c2ccc(C(=O)Oc3ccc(C(=O)OC(CCCCOC)C(F)(F)F)c(F)c3)cc2)cc1F. The standard InChI is InChI=1S/C38H45F5O6/c1-3-4-5-6-7-8-9-10-12-24-47-34-22-19-29(25-33(34)40)27-15-17-28(18-16-27)36(44)48-30-20-21-31(32(39)26-30)37(45)49-35(38(41,42)43)14-11-13-23-46-2/h15-22,25-26,35H,3-14,23-24H2,1-2H3. The predicted octanol–water partition coefficient (Wildman–Crippen LogP) is 10.7. The van der Waals surface area contributed by atoms with E-state index >= 15 is 0 Å². The molecule has 0 aliphatic rings. The molecule has 0 aliphatic heterocycles. The number of rotatable bonds is 21. The third kappa shape index (κ3) is 13.4. The number of methoxy groups -OCH3 is 1. The molecule has 0 heterocycles. The van der Waals surface area contributed by atoms with Crippen LogP contribution >= 0.6 is 0 Å². The number of unbranched alkanes of at least 4 members (excludes halogenated alkanes) is 9. The van der Waals surface area contributed by atoms with E-state index in [2.05, 4.69) is 11.7 Å². The summed E-state index contributed by atoms with van der Waals surface area (Å²) in [6.45, 7) is 2.89. The van der Waals surface area contributed by atoms with Gasteiger partial charge < -0.3 is 18.9 Å². The monoisotopic (exact) mass is 692 g/mol. The second-order valence-electron chi connectivity index (χ2n) is 11.9. The van der Waals surface area contributed by atoms with Crippen molar-refractivity contribution in [1.29, 1.82) is 0 Å². The summed E-state index contributed by atoms with van der Waals surface area (Å²) in [6.07, 6.45) is 3.30. The van der Waals surface area contributed by atoms with Gasteiger partial charge in [0.2, 0.25) is 0 Å². The van der Waals surface area contributed by atoms with Gasteiger partial charge in [-0.05, 0) is 73.2 Å². The van der Waals surface area contributed by atoms with Crippen LogP contribution < -0.4 is 9.47 Å². The lowest BCUT2D eigenvalue weighted by Gasteiger charge is -2.21. The number of benzene rings is 3. The number of carbonyl (C=O) groups is 2. The zero-order valence-electron chi connectivity index (χ0n) is 28.1. The zero-order chi connectivity index (χ0) is 35.6. The first-order valence-electron chi connectivity index (χ1n) is 16.8. The van der Waals surface area contributed by atoms with Gasteiger partial charge in [0, 0.05) is 19.8 Å². The van der Waals surface area contributed by atoms with Crippen LogP contribution in [-0.2, 0) is 9.47 Å². The molecule has 0 N–H and O–H groups in total. The first kappa shape index (κ1) is 39.4. The van der Waals surface area contributed by atoms with Gasteiger partial charge in [-0.3, -0.25) is 0 Å². The molecule has 0 radical (unpaired) electrons. The molecule has 0 aromatic heterocycles. The number of hydrogen-bond acceptors (Lipinski definition) is 6. The van der Waals surface area contributed by atoms with E-state index in [0.717, 1.165) is 31.4 Å².